The van der Waals surface area contributed by atoms with E-state index in [1.54, 1.807) is 12.1 Å². The monoisotopic (exact) mass is 276 g/mol. The van der Waals surface area contributed by atoms with Crippen LogP contribution in [-0.2, 0) is 6.42 Å². The van der Waals surface area contributed by atoms with Crippen molar-refractivity contribution < 1.29 is 4.74 Å². The second-order valence-electron chi connectivity index (χ2n) is 4.41. The molecule has 0 spiro atoms. The van der Waals surface area contributed by atoms with Gasteiger partial charge in [-0.15, -0.1) is 0 Å². The average molecular weight is 277 g/mol. The summed E-state index contributed by atoms with van der Waals surface area (Å²) in [4.78, 5) is 4.06. The molecule has 2 aromatic rings. The van der Waals surface area contributed by atoms with Crippen molar-refractivity contribution >= 4 is 17.3 Å². The molecule has 1 heterocycles. The number of rotatable bonds is 5. The first kappa shape index (κ1) is 13.7. The van der Waals surface area contributed by atoms with E-state index in [9.17, 15) is 0 Å². The van der Waals surface area contributed by atoms with Crippen molar-refractivity contribution in [1.82, 2.24) is 4.98 Å². The van der Waals surface area contributed by atoms with Gasteiger partial charge >= 0.3 is 0 Å². The van der Waals surface area contributed by atoms with E-state index in [0.717, 1.165) is 12.2 Å². The van der Waals surface area contributed by atoms with E-state index in [1.807, 2.05) is 12.1 Å². The molecule has 0 bridgehead atoms. The minimum absolute atomic E-state index is 0.328. The molecule has 0 radical (unpaired) electrons. The molecule has 2 N–H and O–H groups in total. The summed E-state index contributed by atoms with van der Waals surface area (Å²) in [5, 5.41) is 0.328. The van der Waals surface area contributed by atoms with Crippen LogP contribution in [0.5, 0.6) is 11.6 Å². The number of nitrogens with zero attached hydrogens (tertiary/aromatic N) is 1. The van der Waals surface area contributed by atoms with Gasteiger partial charge in [0.1, 0.15) is 10.9 Å². The molecular weight excluding hydrogens is 260 g/mol. The van der Waals surface area contributed by atoms with Crippen molar-refractivity contribution in [3.8, 4) is 11.6 Å². The molecular formula is C15H17ClN2O. The highest BCUT2D eigenvalue weighted by molar-refractivity contribution is 6.29. The van der Waals surface area contributed by atoms with Gasteiger partial charge in [-0.2, -0.15) is 0 Å². The highest BCUT2D eigenvalue weighted by atomic mass is 35.5. The number of pyridine rings is 1. The van der Waals surface area contributed by atoms with E-state index in [1.165, 1.54) is 18.4 Å². The third-order valence-electron chi connectivity index (χ3n) is 2.76. The van der Waals surface area contributed by atoms with Crippen LogP contribution >= 0.6 is 11.6 Å². The normalized spacial score (nSPS) is 10.4. The van der Waals surface area contributed by atoms with Crippen LogP contribution in [0.2, 0.25) is 5.15 Å². The van der Waals surface area contributed by atoms with Gasteiger partial charge in [0.15, 0.2) is 0 Å². The van der Waals surface area contributed by atoms with Gasteiger partial charge in [-0.3, -0.25) is 0 Å². The number of aromatic nitrogens is 1. The summed E-state index contributed by atoms with van der Waals surface area (Å²) in [5.41, 5.74) is 7.54. The van der Waals surface area contributed by atoms with Crippen molar-refractivity contribution in [3.63, 3.8) is 0 Å². The largest absolute Gasteiger partial charge is 0.439 e. The summed E-state index contributed by atoms with van der Waals surface area (Å²) in [6.07, 6.45) is 3.50. The molecule has 0 aliphatic rings. The van der Waals surface area contributed by atoms with E-state index >= 15 is 0 Å². The Balaban J connectivity index is 2.06. The van der Waals surface area contributed by atoms with Crippen molar-refractivity contribution in [3.05, 3.63) is 47.1 Å². The number of anilines is 1. The maximum absolute atomic E-state index is 5.83. The third kappa shape index (κ3) is 4.14. The van der Waals surface area contributed by atoms with Crippen molar-refractivity contribution in [2.45, 2.75) is 26.2 Å². The Kier molecular flexibility index (Phi) is 4.63. The van der Waals surface area contributed by atoms with Crippen LogP contribution in [0.1, 0.15) is 25.3 Å². The minimum atomic E-state index is 0.328. The lowest BCUT2D eigenvalue weighted by Gasteiger charge is -2.07. The molecule has 0 amide bonds. The Morgan fingerprint density at radius 2 is 1.95 bits per heavy atom. The van der Waals surface area contributed by atoms with Crippen LogP contribution < -0.4 is 10.5 Å². The number of nitrogen functional groups attached to an aromatic ring is 1. The van der Waals surface area contributed by atoms with E-state index in [4.69, 9.17) is 22.1 Å². The number of ether oxygens (including phenoxy) is 1. The molecule has 0 fully saturated rings. The average Bonchev–Trinajstić information content (AvgIpc) is 2.37. The van der Waals surface area contributed by atoms with Crippen LogP contribution in [0.15, 0.2) is 36.4 Å². The number of aryl methyl sites for hydroxylation is 1. The predicted molar refractivity (Wildman–Crippen MR) is 78.8 cm³/mol. The van der Waals surface area contributed by atoms with E-state index in [-0.39, 0.29) is 0 Å². The van der Waals surface area contributed by atoms with Crippen molar-refractivity contribution in [2.24, 2.45) is 0 Å². The van der Waals surface area contributed by atoms with Gasteiger partial charge in [-0.1, -0.05) is 37.1 Å². The topological polar surface area (TPSA) is 48.1 Å². The van der Waals surface area contributed by atoms with Crippen LogP contribution in [-0.4, -0.2) is 4.98 Å². The summed E-state index contributed by atoms with van der Waals surface area (Å²) in [5.74, 6) is 1.14. The Labute approximate surface area is 118 Å². The molecule has 0 saturated heterocycles. The molecule has 0 aliphatic heterocycles. The van der Waals surface area contributed by atoms with Gasteiger partial charge in [0.25, 0.3) is 0 Å². The van der Waals surface area contributed by atoms with Gasteiger partial charge < -0.3 is 10.5 Å². The molecule has 100 valence electrons. The second kappa shape index (κ2) is 6.43. The Morgan fingerprint density at radius 3 is 2.58 bits per heavy atom. The third-order valence-corrected chi connectivity index (χ3v) is 2.95. The fourth-order valence-corrected chi connectivity index (χ4v) is 1.98. The number of unbranched alkanes of at least 4 members (excludes halogenated alkanes) is 1. The highest BCUT2D eigenvalue weighted by Gasteiger charge is 2.02. The van der Waals surface area contributed by atoms with Crippen LogP contribution in [0, 0.1) is 0 Å². The maximum Gasteiger partial charge on any atom is 0.222 e. The lowest BCUT2D eigenvalue weighted by molar-refractivity contribution is 0.463. The molecule has 2 rings (SSSR count). The first-order valence-electron chi connectivity index (χ1n) is 6.37. The SMILES string of the molecule is CCCCc1ccc(Oc2cc(N)cc(Cl)n2)cc1. The van der Waals surface area contributed by atoms with Gasteiger partial charge in [0, 0.05) is 11.8 Å². The molecule has 1 aromatic heterocycles. The zero-order valence-corrected chi connectivity index (χ0v) is 11.7. The number of hydrogen-bond donors (Lipinski definition) is 1. The number of benzene rings is 1. The van der Waals surface area contributed by atoms with Gasteiger partial charge in [-0.05, 0) is 36.6 Å². The summed E-state index contributed by atoms with van der Waals surface area (Å²) in [7, 11) is 0. The first-order chi connectivity index (χ1) is 9.17. The predicted octanol–water partition coefficient (Wildman–Crippen LogP) is 4.45. The van der Waals surface area contributed by atoms with Crippen LogP contribution in [0.25, 0.3) is 0 Å². The summed E-state index contributed by atoms with van der Waals surface area (Å²) < 4.78 is 5.62. The second-order valence-corrected chi connectivity index (χ2v) is 4.80. The van der Waals surface area contributed by atoms with Crippen LogP contribution in [0.4, 0.5) is 5.69 Å². The Bertz CT molecular complexity index is 520. The number of halogens is 1. The van der Waals surface area contributed by atoms with E-state index in [2.05, 4.69) is 24.0 Å². The fourth-order valence-electron chi connectivity index (χ4n) is 1.77. The lowest BCUT2D eigenvalue weighted by Crippen LogP contribution is -1.92. The molecule has 0 saturated carbocycles. The van der Waals surface area contributed by atoms with Crippen LogP contribution in [0.3, 0.4) is 0 Å². The lowest BCUT2D eigenvalue weighted by atomic mass is 10.1. The molecule has 3 nitrogen and oxygen atoms in total. The molecule has 0 unspecified atom stereocenters. The summed E-state index contributed by atoms with van der Waals surface area (Å²) >= 11 is 5.83. The zero-order chi connectivity index (χ0) is 13.7. The fraction of sp³-hybridized carbons (Fsp3) is 0.267. The number of nitrogens with two attached hydrogens (primary N) is 1. The number of hydrogen-bond acceptors (Lipinski definition) is 3. The molecule has 0 atom stereocenters. The van der Waals surface area contributed by atoms with E-state index < -0.39 is 0 Å². The molecule has 1 aromatic carbocycles. The van der Waals surface area contributed by atoms with Gasteiger partial charge in [0.05, 0.1) is 0 Å². The molecule has 4 heteroatoms. The molecule has 19 heavy (non-hydrogen) atoms. The quantitative estimate of drug-likeness (QED) is 0.821. The minimum Gasteiger partial charge on any atom is -0.439 e. The first-order valence-corrected chi connectivity index (χ1v) is 6.75. The van der Waals surface area contributed by atoms with Gasteiger partial charge in [0.2, 0.25) is 5.88 Å². The zero-order valence-electron chi connectivity index (χ0n) is 10.9. The Hall–Kier alpha value is -1.74. The van der Waals surface area contributed by atoms with E-state index in [0.29, 0.717) is 16.7 Å². The standard InChI is InChI=1S/C15H17ClN2O/c1-2-3-4-11-5-7-13(8-6-11)19-15-10-12(17)9-14(16)18-15/h5-10H,2-4H2,1H3,(H2,17,18). The van der Waals surface area contributed by atoms with Crippen molar-refractivity contribution in [2.75, 3.05) is 5.73 Å². The van der Waals surface area contributed by atoms with Gasteiger partial charge in [-0.25, -0.2) is 4.98 Å². The Morgan fingerprint density at radius 1 is 1.21 bits per heavy atom. The maximum atomic E-state index is 5.83. The smallest absolute Gasteiger partial charge is 0.222 e. The highest BCUT2D eigenvalue weighted by Crippen LogP contribution is 2.24. The summed E-state index contributed by atoms with van der Waals surface area (Å²) in [6.45, 7) is 2.19. The molecule has 0 aliphatic carbocycles. The summed E-state index contributed by atoms with van der Waals surface area (Å²) in [6, 6.07) is 11.2. The van der Waals surface area contributed by atoms with Crippen molar-refractivity contribution in [1.29, 1.82) is 0 Å².